The molecule has 0 fully saturated rings. The van der Waals surface area contributed by atoms with Crippen LogP contribution in [0.1, 0.15) is 27.0 Å². The Hall–Kier alpha value is -2.87. The number of pyridine rings is 1. The summed E-state index contributed by atoms with van der Waals surface area (Å²) in [7, 11) is 0. The number of rotatable bonds is 4. The predicted octanol–water partition coefficient (Wildman–Crippen LogP) is 5.24. The van der Waals surface area contributed by atoms with Crippen LogP contribution in [0.4, 0.5) is 18.9 Å². The van der Waals surface area contributed by atoms with Gasteiger partial charge in [-0.3, -0.25) is 9.59 Å². The predicted molar refractivity (Wildman–Crippen MR) is 108 cm³/mol. The Kier molecular flexibility index (Phi) is 5.93. The van der Waals surface area contributed by atoms with Crippen molar-refractivity contribution in [2.45, 2.75) is 19.6 Å². The molecule has 0 saturated carbocycles. The van der Waals surface area contributed by atoms with Gasteiger partial charge < -0.3 is 9.88 Å². The fourth-order valence-electron chi connectivity index (χ4n) is 2.71. The van der Waals surface area contributed by atoms with Gasteiger partial charge in [0, 0.05) is 22.4 Å². The van der Waals surface area contributed by atoms with Crippen molar-refractivity contribution in [1.82, 2.24) is 4.57 Å². The van der Waals surface area contributed by atoms with Crippen LogP contribution < -0.4 is 10.9 Å². The van der Waals surface area contributed by atoms with Gasteiger partial charge in [-0.15, -0.1) is 0 Å². The second-order valence-electron chi connectivity index (χ2n) is 6.50. The normalized spacial score (nSPS) is 11.3. The Morgan fingerprint density at radius 3 is 2.38 bits per heavy atom. The Bertz CT molecular complexity index is 1110. The molecule has 0 atom stereocenters. The maximum atomic E-state index is 12.7. The minimum atomic E-state index is -4.42. The van der Waals surface area contributed by atoms with Gasteiger partial charge in [0.2, 0.25) is 0 Å². The van der Waals surface area contributed by atoms with E-state index in [1.807, 2.05) is 13.0 Å². The molecule has 3 rings (SSSR count). The summed E-state index contributed by atoms with van der Waals surface area (Å²) in [6.45, 7) is 1.94. The summed E-state index contributed by atoms with van der Waals surface area (Å²) < 4.78 is 40.2. The van der Waals surface area contributed by atoms with E-state index in [4.69, 9.17) is 0 Å². The van der Waals surface area contributed by atoms with Gasteiger partial charge in [0.25, 0.3) is 11.5 Å². The lowest BCUT2D eigenvalue weighted by Crippen LogP contribution is -2.22. The maximum Gasteiger partial charge on any atom is 0.416 e. The molecule has 0 aliphatic heterocycles. The number of amides is 1. The second kappa shape index (κ2) is 8.24. The third-order valence-electron chi connectivity index (χ3n) is 4.30. The maximum absolute atomic E-state index is 12.7. The summed E-state index contributed by atoms with van der Waals surface area (Å²) in [6.07, 6.45) is -3.03. The van der Waals surface area contributed by atoms with Crippen molar-refractivity contribution < 1.29 is 18.0 Å². The summed E-state index contributed by atoms with van der Waals surface area (Å²) in [4.78, 5) is 24.6. The van der Waals surface area contributed by atoms with Gasteiger partial charge >= 0.3 is 6.18 Å². The minimum Gasteiger partial charge on any atom is -0.322 e. The Morgan fingerprint density at radius 1 is 1.07 bits per heavy atom. The van der Waals surface area contributed by atoms with Crippen LogP contribution in [0.2, 0.25) is 0 Å². The molecule has 150 valence electrons. The number of anilines is 1. The molecule has 0 unspecified atom stereocenters. The number of halogens is 4. The molecule has 1 N–H and O–H groups in total. The van der Waals surface area contributed by atoms with Crippen molar-refractivity contribution in [2.75, 3.05) is 5.32 Å². The number of carbonyl (C=O) groups excluding carboxylic acids is 1. The second-order valence-corrected chi connectivity index (χ2v) is 7.35. The number of alkyl halides is 3. The number of aromatic nitrogens is 1. The molecule has 0 bridgehead atoms. The van der Waals surface area contributed by atoms with E-state index in [-0.39, 0.29) is 17.7 Å². The highest BCUT2D eigenvalue weighted by Crippen LogP contribution is 2.29. The zero-order valence-electron chi connectivity index (χ0n) is 15.3. The standard InChI is InChI=1S/C21H16BrF3N2O2/c1-13-10-17(7-8-18(13)22)26-20(29)15-4-9-19(28)27(12-15)11-14-2-5-16(6-3-14)21(23,24)25/h2-10,12H,11H2,1H3,(H,26,29). The van der Waals surface area contributed by atoms with Crippen molar-refractivity contribution in [3.63, 3.8) is 0 Å². The van der Waals surface area contributed by atoms with Gasteiger partial charge in [-0.05, 0) is 54.4 Å². The Balaban J connectivity index is 1.79. The molecule has 1 amide bonds. The molecule has 1 aromatic heterocycles. The third-order valence-corrected chi connectivity index (χ3v) is 5.19. The van der Waals surface area contributed by atoms with E-state index in [9.17, 15) is 22.8 Å². The zero-order chi connectivity index (χ0) is 21.2. The lowest BCUT2D eigenvalue weighted by molar-refractivity contribution is -0.137. The van der Waals surface area contributed by atoms with Gasteiger partial charge in [-0.25, -0.2) is 0 Å². The van der Waals surface area contributed by atoms with E-state index in [1.165, 1.54) is 35.0 Å². The Morgan fingerprint density at radius 2 is 1.76 bits per heavy atom. The first kappa shape index (κ1) is 20.9. The zero-order valence-corrected chi connectivity index (χ0v) is 16.8. The van der Waals surface area contributed by atoms with E-state index in [0.29, 0.717) is 11.3 Å². The van der Waals surface area contributed by atoms with E-state index in [0.717, 1.165) is 22.2 Å². The first-order valence-corrected chi connectivity index (χ1v) is 9.37. The molecule has 0 radical (unpaired) electrons. The topological polar surface area (TPSA) is 51.1 Å². The number of hydrogen-bond acceptors (Lipinski definition) is 2. The van der Waals surface area contributed by atoms with Crippen LogP contribution in [0, 0.1) is 6.92 Å². The molecule has 0 aliphatic rings. The third kappa shape index (κ3) is 5.14. The fraction of sp³-hybridized carbons (Fsp3) is 0.143. The smallest absolute Gasteiger partial charge is 0.322 e. The monoisotopic (exact) mass is 464 g/mol. The number of aryl methyl sites for hydroxylation is 1. The summed E-state index contributed by atoms with van der Waals surface area (Å²) in [6, 6.07) is 12.6. The fourth-order valence-corrected chi connectivity index (χ4v) is 2.96. The number of benzene rings is 2. The molecule has 2 aromatic carbocycles. The lowest BCUT2D eigenvalue weighted by Gasteiger charge is -2.11. The number of carbonyl (C=O) groups is 1. The molecular formula is C21H16BrF3N2O2. The van der Waals surface area contributed by atoms with Crippen LogP contribution in [0.5, 0.6) is 0 Å². The first-order valence-electron chi connectivity index (χ1n) is 8.57. The SMILES string of the molecule is Cc1cc(NC(=O)c2ccc(=O)n(Cc3ccc(C(F)(F)F)cc3)c2)ccc1Br. The van der Waals surface area contributed by atoms with Gasteiger partial charge in [0.15, 0.2) is 0 Å². The quantitative estimate of drug-likeness (QED) is 0.573. The van der Waals surface area contributed by atoms with Crippen LogP contribution in [-0.4, -0.2) is 10.5 Å². The highest BCUT2D eigenvalue weighted by molar-refractivity contribution is 9.10. The Labute approximate surface area is 173 Å². The molecular weight excluding hydrogens is 449 g/mol. The highest BCUT2D eigenvalue weighted by atomic mass is 79.9. The van der Waals surface area contributed by atoms with Crippen molar-refractivity contribution in [1.29, 1.82) is 0 Å². The molecule has 3 aromatic rings. The van der Waals surface area contributed by atoms with Gasteiger partial charge in [-0.2, -0.15) is 13.2 Å². The number of nitrogens with one attached hydrogen (secondary N) is 1. The molecule has 0 saturated heterocycles. The van der Waals surface area contributed by atoms with E-state index >= 15 is 0 Å². The molecule has 4 nitrogen and oxygen atoms in total. The van der Waals surface area contributed by atoms with E-state index in [1.54, 1.807) is 12.1 Å². The molecule has 0 aliphatic carbocycles. The number of hydrogen-bond donors (Lipinski definition) is 1. The molecule has 1 heterocycles. The van der Waals surface area contributed by atoms with Gasteiger partial charge in [0.05, 0.1) is 17.7 Å². The summed E-state index contributed by atoms with van der Waals surface area (Å²) in [5, 5.41) is 2.76. The van der Waals surface area contributed by atoms with Crippen molar-refractivity contribution >= 4 is 27.5 Å². The van der Waals surface area contributed by atoms with Gasteiger partial charge in [0.1, 0.15) is 0 Å². The molecule has 29 heavy (non-hydrogen) atoms. The van der Waals surface area contributed by atoms with Crippen molar-refractivity contribution in [3.05, 3.63) is 97.9 Å². The summed E-state index contributed by atoms with van der Waals surface area (Å²) in [5.41, 5.74) is 1.22. The van der Waals surface area contributed by atoms with Crippen LogP contribution in [0.25, 0.3) is 0 Å². The van der Waals surface area contributed by atoms with Crippen molar-refractivity contribution in [3.8, 4) is 0 Å². The van der Waals surface area contributed by atoms with Crippen LogP contribution in [0.3, 0.4) is 0 Å². The summed E-state index contributed by atoms with van der Waals surface area (Å²) >= 11 is 3.39. The molecule has 8 heteroatoms. The largest absolute Gasteiger partial charge is 0.416 e. The highest BCUT2D eigenvalue weighted by Gasteiger charge is 2.29. The van der Waals surface area contributed by atoms with E-state index < -0.39 is 17.6 Å². The molecule has 0 spiro atoms. The lowest BCUT2D eigenvalue weighted by atomic mass is 10.1. The van der Waals surface area contributed by atoms with Gasteiger partial charge in [-0.1, -0.05) is 28.1 Å². The minimum absolute atomic E-state index is 0.0511. The van der Waals surface area contributed by atoms with E-state index in [2.05, 4.69) is 21.2 Å². The summed E-state index contributed by atoms with van der Waals surface area (Å²) in [5.74, 6) is -0.395. The number of nitrogens with zero attached hydrogens (tertiary/aromatic N) is 1. The average molecular weight is 465 g/mol. The van der Waals surface area contributed by atoms with Crippen LogP contribution in [-0.2, 0) is 12.7 Å². The van der Waals surface area contributed by atoms with Crippen molar-refractivity contribution in [2.24, 2.45) is 0 Å². The van der Waals surface area contributed by atoms with Crippen LogP contribution >= 0.6 is 15.9 Å². The van der Waals surface area contributed by atoms with Crippen LogP contribution in [0.15, 0.2) is 70.1 Å². The first-order chi connectivity index (χ1) is 13.6. The average Bonchev–Trinajstić information content (AvgIpc) is 2.66.